The second kappa shape index (κ2) is 2.85. The molecule has 64 valence electrons. The molecule has 0 saturated carbocycles. The largest absolute Gasteiger partial charge is 0.207 e. The van der Waals surface area contributed by atoms with Crippen molar-refractivity contribution in [2.24, 2.45) is 0 Å². The Bertz CT molecular complexity index is 274. The highest BCUT2D eigenvalue weighted by molar-refractivity contribution is 5.31. The lowest BCUT2D eigenvalue weighted by Gasteiger charge is -2.16. The standard InChI is InChI=1S/C10H10F2/c11-9-5-6-10(12)8-4-2-1-3-7(8)9/h5-6H,1-4H2. The summed E-state index contributed by atoms with van der Waals surface area (Å²) in [5.74, 6) is -0.489. The Kier molecular flexibility index (Phi) is 1.83. The van der Waals surface area contributed by atoms with Crippen LogP contribution in [0.5, 0.6) is 0 Å². The van der Waals surface area contributed by atoms with Gasteiger partial charge in [-0.05, 0) is 48.9 Å². The Morgan fingerprint density at radius 2 is 1.25 bits per heavy atom. The van der Waals surface area contributed by atoms with Gasteiger partial charge in [0, 0.05) is 0 Å². The Morgan fingerprint density at radius 3 is 1.67 bits per heavy atom. The molecule has 0 aromatic heterocycles. The summed E-state index contributed by atoms with van der Waals surface area (Å²) < 4.78 is 26.2. The fourth-order valence-electron chi connectivity index (χ4n) is 1.78. The fraction of sp³-hybridized carbons (Fsp3) is 0.400. The average molecular weight is 168 g/mol. The smallest absolute Gasteiger partial charge is 0.126 e. The third kappa shape index (κ3) is 1.11. The maximum atomic E-state index is 13.1. The molecule has 0 aliphatic heterocycles. The molecule has 0 spiro atoms. The van der Waals surface area contributed by atoms with E-state index in [1.165, 1.54) is 12.1 Å². The lowest BCUT2D eigenvalue weighted by molar-refractivity contribution is 0.539. The van der Waals surface area contributed by atoms with Gasteiger partial charge in [-0.3, -0.25) is 0 Å². The number of rotatable bonds is 0. The predicted octanol–water partition coefficient (Wildman–Crippen LogP) is 2.84. The molecule has 1 aromatic carbocycles. The van der Waals surface area contributed by atoms with Crippen LogP contribution in [0.2, 0.25) is 0 Å². The maximum Gasteiger partial charge on any atom is 0.126 e. The number of halogens is 2. The molecule has 0 heterocycles. The van der Waals surface area contributed by atoms with E-state index in [0.29, 0.717) is 24.0 Å². The summed E-state index contributed by atoms with van der Waals surface area (Å²) in [6, 6.07) is 2.44. The van der Waals surface area contributed by atoms with Crippen LogP contribution in [0, 0.1) is 11.6 Å². The molecule has 0 atom stereocenters. The lowest BCUT2D eigenvalue weighted by atomic mass is 9.91. The second-order valence-corrected chi connectivity index (χ2v) is 3.19. The zero-order valence-electron chi connectivity index (χ0n) is 6.74. The van der Waals surface area contributed by atoms with E-state index in [4.69, 9.17) is 0 Å². The Morgan fingerprint density at radius 1 is 0.833 bits per heavy atom. The SMILES string of the molecule is Fc1ccc(F)c2c1CCCC2. The van der Waals surface area contributed by atoms with Gasteiger partial charge in [-0.25, -0.2) is 8.78 Å². The number of hydrogen-bond donors (Lipinski definition) is 0. The van der Waals surface area contributed by atoms with Gasteiger partial charge in [-0.15, -0.1) is 0 Å². The van der Waals surface area contributed by atoms with Crippen molar-refractivity contribution in [1.29, 1.82) is 0 Å². The molecule has 0 radical (unpaired) electrons. The Labute approximate surface area is 70.2 Å². The van der Waals surface area contributed by atoms with Crippen molar-refractivity contribution >= 4 is 0 Å². The molecule has 0 bridgehead atoms. The summed E-state index contributed by atoms with van der Waals surface area (Å²) in [5, 5.41) is 0. The molecule has 0 N–H and O–H groups in total. The maximum absolute atomic E-state index is 13.1. The minimum Gasteiger partial charge on any atom is -0.207 e. The second-order valence-electron chi connectivity index (χ2n) is 3.19. The highest BCUT2D eigenvalue weighted by Crippen LogP contribution is 2.25. The van der Waals surface area contributed by atoms with Crippen LogP contribution >= 0.6 is 0 Å². The molecular weight excluding hydrogens is 158 g/mol. The van der Waals surface area contributed by atoms with Crippen LogP contribution in [-0.4, -0.2) is 0 Å². The van der Waals surface area contributed by atoms with Crippen LogP contribution in [0.15, 0.2) is 12.1 Å². The van der Waals surface area contributed by atoms with Gasteiger partial charge in [0.15, 0.2) is 0 Å². The number of benzene rings is 1. The summed E-state index contributed by atoms with van der Waals surface area (Å²) >= 11 is 0. The Hall–Kier alpha value is -0.920. The van der Waals surface area contributed by atoms with Gasteiger partial charge in [0.05, 0.1) is 0 Å². The van der Waals surface area contributed by atoms with Gasteiger partial charge < -0.3 is 0 Å². The number of fused-ring (bicyclic) bond motifs is 1. The van der Waals surface area contributed by atoms with Crippen LogP contribution in [0.1, 0.15) is 24.0 Å². The molecule has 0 unspecified atom stereocenters. The quantitative estimate of drug-likeness (QED) is 0.558. The normalized spacial score (nSPS) is 15.8. The summed E-state index contributed by atoms with van der Waals surface area (Å²) in [4.78, 5) is 0. The van der Waals surface area contributed by atoms with Crippen molar-refractivity contribution in [3.63, 3.8) is 0 Å². The van der Waals surface area contributed by atoms with Crippen LogP contribution in [0.3, 0.4) is 0 Å². The zero-order valence-corrected chi connectivity index (χ0v) is 6.74. The molecule has 0 amide bonds. The van der Waals surface area contributed by atoms with Crippen LogP contribution in [0.4, 0.5) is 8.78 Å². The minimum atomic E-state index is -0.244. The first-order valence-electron chi connectivity index (χ1n) is 4.25. The third-order valence-corrected chi connectivity index (χ3v) is 2.42. The molecule has 1 aliphatic rings. The summed E-state index contributed by atoms with van der Waals surface area (Å²) in [7, 11) is 0. The fourth-order valence-corrected chi connectivity index (χ4v) is 1.78. The van der Waals surface area contributed by atoms with Gasteiger partial charge in [-0.1, -0.05) is 0 Å². The molecule has 2 rings (SSSR count). The van der Waals surface area contributed by atoms with Gasteiger partial charge in [0.25, 0.3) is 0 Å². The van der Waals surface area contributed by atoms with Gasteiger partial charge >= 0.3 is 0 Å². The first-order chi connectivity index (χ1) is 5.79. The molecular formula is C10H10F2. The lowest BCUT2D eigenvalue weighted by Crippen LogP contribution is -2.07. The average Bonchev–Trinajstić information content (AvgIpc) is 2.12. The van der Waals surface area contributed by atoms with Crippen molar-refractivity contribution in [3.8, 4) is 0 Å². The van der Waals surface area contributed by atoms with Crippen LogP contribution in [0.25, 0.3) is 0 Å². The van der Waals surface area contributed by atoms with E-state index in [1.54, 1.807) is 0 Å². The van der Waals surface area contributed by atoms with Crippen molar-refractivity contribution in [2.75, 3.05) is 0 Å². The van der Waals surface area contributed by atoms with E-state index in [-0.39, 0.29) is 11.6 Å². The third-order valence-electron chi connectivity index (χ3n) is 2.42. The van der Waals surface area contributed by atoms with Crippen molar-refractivity contribution < 1.29 is 8.78 Å². The van der Waals surface area contributed by atoms with E-state index in [9.17, 15) is 8.78 Å². The van der Waals surface area contributed by atoms with E-state index >= 15 is 0 Å². The summed E-state index contributed by atoms with van der Waals surface area (Å²) in [6.07, 6.45) is 3.35. The van der Waals surface area contributed by atoms with Crippen LogP contribution in [-0.2, 0) is 12.8 Å². The van der Waals surface area contributed by atoms with Crippen molar-refractivity contribution in [3.05, 3.63) is 34.9 Å². The van der Waals surface area contributed by atoms with Gasteiger partial charge in [-0.2, -0.15) is 0 Å². The van der Waals surface area contributed by atoms with Gasteiger partial charge in [0.2, 0.25) is 0 Å². The summed E-state index contributed by atoms with van der Waals surface area (Å²) in [6.45, 7) is 0. The predicted molar refractivity (Wildman–Crippen MR) is 43.0 cm³/mol. The first kappa shape index (κ1) is 7.71. The molecule has 12 heavy (non-hydrogen) atoms. The monoisotopic (exact) mass is 168 g/mol. The molecule has 1 aliphatic carbocycles. The molecule has 1 aromatic rings. The van der Waals surface area contributed by atoms with Crippen LogP contribution < -0.4 is 0 Å². The molecule has 0 nitrogen and oxygen atoms in total. The van der Waals surface area contributed by atoms with E-state index < -0.39 is 0 Å². The van der Waals surface area contributed by atoms with E-state index in [1.807, 2.05) is 0 Å². The zero-order chi connectivity index (χ0) is 8.55. The highest BCUT2D eigenvalue weighted by atomic mass is 19.1. The summed E-state index contributed by atoms with van der Waals surface area (Å²) in [5.41, 5.74) is 1.20. The Balaban J connectivity index is 2.57. The van der Waals surface area contributed by atoms with Crippen molar-refractivity contribution in [1.82, 2.24) is 0 Å². The van der Waals surface area contributed by atoms with E-state index in [0.717, 1.165) is 12.8 Å². The topological polar surface area (TPSA) is 0 Å². The van der Waals surface area contributed by atoms with E-state index in [2.05, 4.69) is 0 Å². The molecule has 2 heteroatoms. The van der Waals surface area contributed by atoms with Crippen molar-refractivity contribution in [2.45, 2.75) is 25.7 Å². The first-order valence-corrected chi connectivity index (χ1v) is 4.25. The molecule has 0 saturated heterocycles. The van der Waals surface area contributed by atoms with Gasteiger partial charge in [0.1, 0.15) is 11.6 Å². The highest BCUT2D eigenvalue weighted by Gasteiger charge is 2.16. The molecule has 0 fully saturated rings. The minimum absolute atomic E-state index is 0.244. The number of hydrogen-bond acceptors (Lipinski definition) is 0.